The van der Waals surface area contributed by atoms with Crippen molar-refractivity contribution in [1.29, 1.82) is 0 Å². The van der Waals surface area contributed by atoms with Gasteiger partial charge >= 0.3 is 11.9 Å². The quantitative estimate of drug-likeness (QED) is 0.573. The summed E-state index contributed by atoms with van der Waals surface area (Å²) in [5.41, 5.74) is -0.0755. The molecule has 8 nitrogen and oxygen atoms in total. The van der Waals surface area contributed by atoms with Crippen molar-refractivity contribution in [2.45, 2.75) is 6.92 Å². The Morgan fingerprint density at radius 2 is 1.68 bits per heavy atom. The molecule has 0 aromatic heterocycles. The van der Waals surface area contributed by atoms with E-state index >= 15 is 0 Å². The van der Waals surface area contributed by atoms with Gasteiger partial charge in [0.2, 0.25) is 0 Å². The minimum Gasteiger partial charge on any atom is -0.484 e. The number of anilines is 1. The van der Waals surface area contributed by atoms with E-state index in [4.69, 9.17) is 14.6 Å². The van der Waals surface area contributed by atoms with Crippen LogP contribution in [-0.4, -0.2) is 43.8 Å². The molecule has 0 fully saturated rings. The molecule has 28 heavy (non-hydrogen) atoms. The number of hydrogen-bond acceptors (Lipinski definition) is 6. The molecule has 2 aromatic carbocycles. The lowest BCUT2D eigenvalue weighted by Gasteiger charge is -2.10. The zero-order valence-corrected chi connectivity index (χ0v) is 15.5. The molecule has 2 N–H and O–H groups in total. The lowest BCUT2D eigenvalue weighted by atomic mass is 10.1. The lowest BCUT2D eigenvalue weighted by molar-refractivity contribution is -0.131. The molecule has 0 saturated carbocycles. The van der Waals surface area contributed by atoms with Gasteiger partial charge in [-0.3, -0.25) is 9.59 Å². The second-order valence-corrected chi connectivity index (χ2v) is 5.31. The van der Waals surface area contributed by atoms with Crippen LogP contribution in [0.1, 0.15) is 17.3 Å². The van der Waals surface area contributed by atoms with Gasteiger partial charge in [-0.05, 0) is 42.5 Å². The molecule has 9 heteroatoms. The Morgan fingerprint density at radius 3 is 2.21 bits per heavy atom. The summed E-state index contributed by atoms with van der Waals surface area (Å²) in [5, 5.41) is 11.6. The van der Waals surface area contributed by atoms with Gasteiger partial charge in [-0.15, -0.1) is 0 Å². The smallest absolute Gasteiger partial charge is 0.339 e. The molecule has 0 atom stereocenters. The largest absolute Gasteiger partial charge is 0.484 e. The Bertz CT molecular complexity index is 822. The third kappa shape index (κ3) is 7.83. The zero-order valence-electron chi connectivity index (χ0n) is 15.5. The van der Waals surface area contributed by atoms with Gasteiger partial charge in [0.15, 0.2) is 6.61 Å². The van der Waals surface area contributed by atoms with E-state index in [1.807, 2.05) is 0 Å². The van der Waals surface area contributed by atoms with Crippen molar-refractivity contribution < 1.29 is 38.1 Å². The number of carboxylic acids is 1. The van der Waals surface area contributed by atoms with Crippen LogP contribution >= 0.6 is 0 Å². The molecule has 2 aromatic rings. The van der Waals surface area contributed by atoms with Crippen molar-refractivity contribution in [2.24, 2.45) is 0 Å². The van der Waals surface area contributed by atoms with Gasteiger partial charge in [0.25, 0.3) is 5.91 Å². The van der Waals surface area contributed by atoms with Gasteiger partial charge in [0.05, 0.1) is 0 Å². The minimum atomic E-state index is -1.31. The first kappa shape index (κ1) is 22.6. The van der Waals surface area contributed by atoms with Gasteiger partial charge in [0.1, 0.15) is 22.9 Å². The summed E-state index contributed by atoms with van der Waals surface area (Å²) in [5.74, 6) is -2.75. The number of amides is 1. The average molecular weight is 393 g/mol. The highest BCUT2D eigenvalue weighted by atomic mass is 19.1. The summed E-state index contributed by atoms with van der Waals surface area (Å²) in [6.07, 6.45) is 0. The molecule has 0 bridgehead atoms. The second-order valence-electron chi connectivity index (χ2n) is 5.31. The fraction of sp³-hybridized carbons (Fsp3) is 0.211. The maximum Gasteiger partial charge on any atom is 0.339 e. The predicted octanol–water partition coefficient (Wildman–Crippen LogP) is 2.73. The summed E-state index contributed by atoms with van der Waals surface area (Å²) in [6, 6.07) is 8.95. The molecule has 0 radical (unpaired) electrons. The van der Waals surface area contributed by atoms with E-state index in [9.17, 15) is 18.8 Å². The molecule has 0 unspecified atom stereocenters. The van der Waals surface area contributed by atoms with E-state index in [0.717, 1.165) is 13.0 Å². The summed E-state index contributed by atoms with van der Waals surface area (Å²) in [4.78, 5) is 34.0. The summed E-state index contributed by atoms with van der Waals surface area (Å²) in [6.45, 7) is 0.799. The van der Waals surface area contributed by atoms with Crippen molar-refractivity contribution in [3.05, 3.63) is 53.8 Å². The van der Waals surface area contributed by atoms with Gasteiger partial charge in [0, 0.05) is 26.8 Å². The first-order valence-electron chi connectivity index (χ1n) is 7.91. The number of ether oxygens (including phenoxy) is 3. The minimum absolute atomic E-state index is 0.124. The van der Waals surface area contributed by atoms with Gasteiger partial charge in [-0.2, -0.15) is 0 Å². The molecule has 150 valence electrons. The Labute approximate surface area is 160 Å². The molecular weight excluding hydrogens is 373 g/mol. The van der Waals surface area contributed by atoms with Gasteiger partial charge in [-0.25, -0.2) is 9.18 Å². The number of halogens is 1. The molecule has 0 spiro atoms. The van der Waals surface area contributed by atoms with E-state index in [0.29, 0.717) is 5.75 Å². The van der Waals surface area contributed by atoms with Gasteiger partial charge < -0.3 is 24.6 Å². The fourth-order valence-corrected chi connectivity index (χ4v) is 1.90. The van der Waals surface area contributed by atoms with Crippen LogP contribution in [0.2, 0.25) is 0 Å². The topological polar surface area (TPSA) is 111 Å². The SMILES string of the molecule is CC(=O)Oc1ccc(NC(=O)COc2ccc(F)cc2)cc1C(=O)O.COC. The fourth-order valence-electron chi connectivity index (χ4n) is 1.90. The second kappa shape index (κ2) is 11.3. The summed E-state index contributed by atoms with van der Waals surface area (Å²) >= 11 is 0. The highest BCUT2D eigenvalue weighted by molar-refractivity contribution is 5.96. The molecular formula is C19H20FNO7. The van der Waals surface area contributed by atoms with Gasteiger partial charge in [-0.1, -0.05) is 0 Å². The Kier molecular flexibility index (Phi) is 9.11. The highest BCUT2D eigenvalue weighted by Crippen LogP contribution is 2.23. The van der Waals surface area contributed by atoms with Crippen LogP contribution in [0.4, 0.5) is 10.1 Å². The number of rotatable bonds is 6. The Balaban J connectivity index is 0.00000122. The lowest BCUT2D eigenvalue weighted by Crippen LogP contribution is -2.20. The molecule has 0 aliphatic rings. The van der Waals surface area contributed by atoms with E-state index < -0.39 is 23.7 Å². The van der Waals surface area contributed by atoms with Crippen LogP contribution in [0.3, 0.4) is 0 Å². The van der Waals surface area contributed by atoms with E-state index in [1.165, 1.54) is 36.4 Å². The number of carbonyl (C=O) groups is 3. The van der Waals surface area contributed by atoms with E-state index in [1.54, 1.807) is 14.2 Å². The number of esters is 1. The summed E-state index contributed by atoms with van der Waals surface area (Å²) < 4.78 is 27.0. The monoisotopic (exact) mass is 393 g/mol. The van der Waals surface area contributed by atoms with E-state index in [2.05, 4.69) is 10.1 Å². The van der Waals surface area contributed by atoms with Crippen LogP contribution in [0.25, 0.3) is 0 Å². The van der Waals surface area contributed by atoms with Crippen LogP contribution in [-0.2, 0) is 14.3 Å². The van der Waals surface area contributed by atoms with Crippen molar-refractivity contribution >= 4 is 23.5 Å². The van der Waals surface area contributed by atoms with E-state index in [-0.39, 0.29) is 23.6 Å². The maximum atomic E-state index is 12.8. The number of hydrogen-bond donors (Lipinski definition) is 2. The van der Waals surface area contributed by atoms with Crippen molar-refractivity contribution in [1.82, 2.24) is 0 Å². The third-order valence-corrected chi connectivity index (χ3v) is 2.93. The van der Waals surface area contributed by atoms with Crippen molar-refractivity contribution in [2.75, 3.05) is 26.1 Å². The number of benzene rings is 2. The van der Waals surface area contributed by atoms with Crippen LogP contribution in [0.5, 0.6) is 11.5 Å². The third-order valence-electron chi connectivity index (χ3n) is 2.93. The maximum absolute atomic E-state index is 12.8. The zero-order chi connectivity index (χ0) is 21.1. The number of methoxy groups -OCH3 is 1. The van der Waals surface area contributed by atoms with Crippen LogP contribution in [0.15, 0.2) is 42.5 Å². The van der Waals surface area contributed by atoms with Crippen molar-refractivity contribution in [3.63, 3.8) is 0 Å². The number of carbonyl (C=O) groups excluding carboxylic acids is 2. The molecule has 0 aliphatic carbocycles. The molecule has 0 saturated heterocycles. The first-order valence-corrected chi connectivity index (χ1v) is 7.91. The normalized spacial score (nSPS) is 9.57. The Hall–Kier alpha value is -3.46. The summed E-state index contributed by atoms with van der Waals surface area (Å²) in [7, 11) is 3.25. The molecule has 0 heterocycles. The predicted molar refractivity (Wildman–Crippen MR) is 98.2 cm³/mol. The van der Waals surface area contributed by atoms with Crippen LogP contribution < -0.4 is 14.8 Å². The molecule has 0 aliphatic heterocycles. The highest BCUT2D eigenvalue weighted by Gasteiger charge is 2.15. The molecule has 2 rings (SSSR count). The molecule has 1 amide bonds. The van der Waals surface area contributed by atoms with Crippen molar-refractivity contribution in [3.8, 4) is 11.5 Å². The average Bonchev–Trinajstić information content (AvgIpc) is 2.62. The standard InChI is InChI=1S/C17H14FNO6.C2H6O/c1-10(20)25-15-7-4-12(8-14(15)17(22)23)19-16(21)9-24-13-5-2-11(18)3-6-13;1-3-2/h2-8H,9H2,1H3,(H,19,21)(H,22,23);1-2H3. The van der Waals surface area contributed by atoms with Crippen LogP contribution in [0, 0.1) is 5.82 Å². The number of nitrogens with one attached hydrogen (secondary N) is 1. The first-order chi connectivity index (χ1) is 13.3. The number of aromatic carboxylic acids is 1. The Morgan fingerprint density at radius 1 is 1.07 bits per heavy atom. The number of carboxylic acid groups (broad SMARTS) is 1.